The van der Waals surface area contributed by atoms with Gasteiger partial charge in [-0.1, -0.05) is 93.3 Å². The van der Waals surface area contributed by atoms with E-state index >= 15 is 4.39 Å². The number of hydrogen-bond donors (Lipinski definition) is 0. The zero-order chi connectivity index (χ0) is 27.1. The average molecular weight is 527 g/mol. The van der Waals surface area contributed by atoms with Gasteiger partial charge in [-0.05, 0) is 36.5 Å². The molecule has 3 aromatic carbocycles. The van der Waals surface area contributed by atoms with Gasteiger partial charge in [-0.25, -0.2) is 17.6 Å². The monoisotopic (exact) mass is 526 g/mol. The Kier molecular flexibility index (Phi) is 9.75. The van der Waals surface area contributed by atoms with Crippen LogP contribution in [0.5, 0.6) is 0 Å². The summed E-state index contributed by atoms with van der Waals surface area (Å²) in [5.41, 5.74) is 1.45. The number of unbranched alkanes of at least 4 members (excludes halogenated alkanes) is 4. The van der Waals surface area contributed by atoms with Crippen LogP contribution in [0.4, 0.5) is 17.6 Å². The Morgan fingerprint density at radius 3 is 1.89 bits per heavy atom. The molecular weight excluding hydrogens is 492 g/mol. The van der Waals surface area contributed by atoms with Crippen molar-refractivity contribution >= 4 is 0 Å². The fourth-order valence-corrected chi connectivity index (χ4v) is 4.80. The van der Waals surface area contributed by atoms with Crippen LogP contribution in [0.15, 0.2) is 60.7 Å². The number of aryl methyl sites for hydroxylation is 1. The molecule has 4 rings (SSSR count). The van der Waals surface area contributed by atoms with Crippen molar-refractivity contribution in [2.75, 3.05) is 13.2 Å². The van der Waals surface area contributed by atoms with Gasteiger partial charge in [0.1, 0.15) is 0 Å². The molecule has 0 aromatic heterocycles. The Labute approximate surface area is 222 Å². The predicted octanol–water partition coefficient (Wildman–Crippen LogP) is 9.33. The van der Waals surface area contributed by atoms with Crippen LogP contribution < -0.4 is 0 Å². The molecule has 6 heteroatoms. The third-order valence-corrected chi connectivity index (χ3v) is 6.97. The lowest BCUT2D eigenvalue weighted by molar-refractivity contribution is -0.199. The van der Waals surface area contributed by atoms with Gasteiger partial charge >= 0.3 is 0 Å². The number of allylic oxidation sites excluding steroid dienone is 1. The molecule has 0 amide bonds. The van der Waals surface area contributed by atoms with Crippen molar-refractivity contribution in [3.05, 3.63) is 95.1 Å². The number of benzene rings is 3. The molecule has 3 aromatic rings. The van der Waals surface area contributed by atoms with E-state index in [0.717, 1.165) is 32.1 Å². The van der Waals surface area contributed by atoms with Crippen LogP contribution >= 0.6 is 0 Å². The van der Waals surface area contributed by atoms with Crippen molar-refractivity contribution in [2.24, 2.45) is 5.92 Å². The van der Waals surface area contributed by atoms with Crippen LogP contribution in [0.2, 0.25) is 0 Å². The van der Waals surface area contributed by atoms with Crippen LogP contribution in [-0.2, 0) is 15.9 Å². The molecule has 0 atom stereocenters. The Morgan fingerprint density at radius 1 is 0.711 bits per heavy atom. The van der Waals surface area contributed by atoms with Gasteiger partial charge in [0, 0.05) is 22.6 Å². The maximum Gasteiger partial charge on any atom is 0.186 e. The molecule has 0 radical (unpaired) electrons. The van der Waals surface area contributed by atoms with E-state index in [2.05, 4.69) is 6.92 Å². The predicted molar refractivity (Wildman–Crippen MR) is 143 cm³/mol. The fourth-order valence-electron chi connectivity index (χ4n) is 4.80. The first-order valence-electron chi connectivity index (χ1n) is 13.4. The summed E-state index contributed by atoms with van der Waals surface area (Å²) in [4.78, 5) is 0. The van der Waals surface area contributed by atoms with E-state index in [1.54, 1.807) is 36.4 Å². The summed E-state index contributed by atoms with van der Waals surface area (Å²) in [5.74, 6) is -3.69. The molecule has 2 nitrogen and oxygen atoms in total. The molecule has 0 saturated carbocycles. The van der Waals surface area contributed by atoms with E-state index in [1.165, 1.54) is 12.1 Å². The molecular formula is C32H34F4O2. The molecule has 202 valence electrons. The van der Waals surface area contributed by atoms with Gasteiger partial charge in [0.25, 0.3) is 0 Å². The third kappa shape index (κ3) is 6.36. The Bertz CT molecular complexity index is 1250. The van der Waals surface area contributed by atoms with Gasteiger partial charge in [0.15, 0.2) is 29.6 Å². The van der Waals surface area contributed by atoms with Gasteiger partial charge in [0.2, 0.25) is 0 Å². The lowest BCUT2D eigenvalue weighted by Crippen LogP contribution is -2.26. The lowest BCUT2D eigenvalue weighted by atomic mass is 9.96. The highest BCUT2D eigenvalue weighted by Gasteiger charge is 2.27. The van der Waals surface area contributed by atoms with Crippen molar-refractivity contribution < 1.29 is 27.0 Å². The minimum absolute atomic E-state index is 0.00444. The van der Waals surface area contributed by atoms with Crippen molar-refractivity contribution in [3.63, 3.8) is 0 Å². The lowest BCUT2D eigenvalue weighted by Gasteiger charge is -2.28. The van der Waals surface area contributed by atoms with Crippen molar-refractivity contribution in [3.8, 4) is 22.3 Å². The summed E-state index contributed by atoms with van der Waals surface area (Å²) >= 11 is 0. The number of hydrogen-bond acceptors (Lipinski definition) is 2. The summed E-state index contributed by atoms with van der Waals surface area (Å²) in [5, 5.41) is 0. The van der Waals surface area contributed by atoms with E-state index in [-0.39, 0.29) is 22.6 Å². The second kappa shape index (κ2) is 13.2. The Balaban J connectivity index is 1.48. The molecule has 0 bridgehead atoms. The van der Waals surface area contributed by atoms with Gasteiger partial charge in [-0.2, -0.15) is 0 Å². The zero-order valence-electron chi connectivity index (χ0n) is 21.9. The zero-order valence-corrected chi connectivity index (χ0v) is 21.9. The van der Waals surface area contributed by atoms with Gasteiger partial charge in [-0.3, -0.25) is 0 Å². The topological polar surface area (TPSA) is 18.5 Å². The molecule has 0 unspecified atom stereocenters. The number of rotatable bonds is 10. The van der Waals surface area contributed by atoms with E-state index < -0.39 is 29.6 Å². The normalized spacial score (nSPS) is 17.8. The number of ether oxygens (including phenoxy) is 2. The molecule has 0 aliphatic carbocycles. The SMILES string of the molecule is CC=CC1COC(c2ccc(-c3ccc(-c4ccc(CCCCCCC)c(F)c4F)cc3)c(F)c2F)OC1. The van der Waals surface area contributed by atoms with E-state index in [0.29, 0.717) is 36.3 Å². The summed E-state index contributed by atoms with van der Waals surface area (Å²) in [6, 6.07) is 12.4. The molecule has 0 N–H and O–H groups in total. The molecule has 38 heavy (non-hydrogen) atoms. The third-order valence-electron chi connectivity index (χ3n) is 6.97. The second-order valence-electron chi connectivity index (χ2n) is 9.76. The first-order valence-corrected chi connectivity index (χ1v) is 13.4. The maximum absolute atomic E-state index is 15.0. The van der Waals surface area contributed by atoms with Gasteiger partial charge < -0.3 is 9.47 Å². The van der Waals surface area contributed by atoms with Crippen LogP contribution in [0.1, 0.15) is 63.4 Å². The van der Waals surface area contributed by atoms with Crippen LogP contribution in [0.3, 0.4) is 0 Å². The van der Waals surface area contributed by atoms with E-state index in [1.807, 2.05) is 19.1 Å². The van der Waals surface area contributed by atoms with E-state index in [9.17, 15) is 13.2 Å². The van der Waals surface area contributed by atoms with Crippen LogP contribution in [0.25, 0.3) is 22.3 Å². The summed E-state index contributed by atoms with van der Waals surface area (Å²) in [7, 11) is 0. The summed E-state index contributed by atoms with van der Waals surface area (Å²) in [6.07, 6.45) is 8.56. The van der Waals surface area contributed by atoms with Crippen molar-refractivity contribution in [1.29, 1.82) is 0 Å². The highest BCUT2D eigenvalue weighted by atomic mass is 19.2. The van der Waals surface area contributed by atoms with Gasteiger partial charge in [-0.15, -0.1) is 0 Å². The fraction of sp³-hybridized carbons (Fsp3) is 0.375. The summed E-state index contributed by atoms with van der Waals surface area (Å²) in [6.45, 7) is 4.74. The highest BCUT2D eigenvalue weighted by molar-refractivity contribution is 5.71. The van der Waals surface area contributed by atoms with Crippen LogP contribution in [-0.4, -0.2) is 13.2 Å². The number of halogens is 4. The Hall–Kier alpha value is -2.96. The molecule has 0 spiro atoms. The van der Waals surface area contributed by atoms with Crippen molar-refractivity contribution in [1.82, 2.24) is 0 Å². The quantitative estimate of drug-likeness (QED) is 0.149. The molecule has 1 fully saturated rings. The van der Waals surface area contributed by atoms with Crippen molar-refractivity contribution in [2.45, 2.75) is 58.7 Å². The second-order valence-corrected chi connectivity index (χ2v) is 9.76. The maximum atomic E-state index is 15.0. The first-order chi connectivity index (χ1) is 18.4. The van der Waals surface area contributed by atoms with Gasteiger partial charge in [0.05, 0.1) is 13.2 Å². The average Bonchev–Trinajstić information content (AvgIpc) is 2.93. The first kappa shape index (κ1) is 28.1. The highest BCUT2D eigenvalue weighted by Crippen LogP contribution is 2.34. The Morgan fingerprint density at radius 2 is 1.29 bits per heavy atom. The molecule has 1 aliphatic rings. The van der Waals surface area contributed by atoms with E-state index in [4.69, 9.17) is 9.47 Å². The summed E-state index contributed by atoms with van der Waals surface area (Å²) < 4.78 is 70.8. The largest absolute Gasteiger partial charge is 0.348 e. The standard InChI is InChI=1S/C32H34F4O2/c1-3-5-6-7-8-10-24-15-16-25(29(34)28(24)33)22-11-13-23(14-12-22)26-17-18-27(31(36)30(26)35)32-37-19-21(9-4-2)20-38-32/h4,9,11-18,21,32H,3,5-8,10,19-20H2,1-2H3. The molecule has 1 aliphatic heterocycles. The molecule has 1 heterocycles. The minimum atomic E-state index is -1.03. The smallest absolute Gasteiger partial charge is 0.186 e. The molecule has 1 saturated heterocycles. The minimum Gasteiger partial charge on any atom is -0.348 e. The van der Waals surface area contributed by atoms with Crippen LogP contribution in [0, 0.1) is 29.2 Å².